The Morgan fingerprint density at radius 2 is 1.00 bits per heavy atom. The van der Waals surface area contributed by atoms with Gasteiger partial charge in [-0.15, -0.1) is 0 Å². The molecule has 5 aromatic rings. The third kappa shape index (κ3) is 1.84. The summed E-state index contributed by atoms with van der Waals surface area (Å²) in [7, 11) is -0.555. The highest BCUT2D eigenvalue weighted by molar-refractivity contribution is 7.81. The summed E-state index contributed by atoms with van der Waals surface area (Å²) in [5.74, 6) is 0. The van der Waals surface area contributed by atoms with Crippen LogP contribution in [0.25, 0.3) is 43.8 Å². The van der Waals surface area contributed by atoms with E-state index in [9.17, 15) is 0 Å². The maximum atomic E-state index is 2.39. The van der Waals surface area contributed by atoms with Crippen LogP contribution < -0.4 is 15.9 Å². The van der Waals surface area contributed by atoms with Crippen molar-refractivity contribution in [2.75, 3.05) is 0 Å². The van der Waals surface area contributed by atoms with Crippen LogP contribution in [0.15, 0.2) is 78.9 Å². The minimum absolute atomic E-state index is 0.555. The number of aryl methyl sites for hydroxylation is 2. The molecule has 0 atom stereocenters. The van der Waals surface area contributed by atoms with Gasteiger partial charge in [0.25, 0.3) is 0 Å². The molecule has 29 heavy (non-hydrogen) atoms. The lowest BCUT2D eigenvalue weighted by atomic mass is 9.88. The third-order valence-electron chi connectivity index (χ3n) is 6.74. The van der Waals surface area contributed by atoms with Crippen LogP contribution in [0.5, 0.6) is 0 Å². The molecule has 0 aliphatic carbocycles. The molecule has 2 aliphatic heterocycles. The molecule has 0 nitrogen and oxygen atoms in total. The van der Waals surface area contributed by atoms with Crippen molar-refractivity contribution < 1.29 is 0 Å². The zero-order valence-corrected chi connectivity index (χ0v) is 17.3. The van der Waals surface area contributed by atoms with Crippen LogP contribution in [0.4, 0.5) is 0 Å². The van der Waals surface area contributed by atoms with E-state index < -0.39 is 7.92 Å². The van der Waals surface area contributed by atoms with Crippen LogP contribution in [0.1, 0.15) is 11.1 Å². The Kier molecular flexibility index (Phi) is 2.93. The lowest BCUT2D eigenvalue weighted by molar-refractivity contribution is 1.48. The molecule has 0 saturated carbocycles. The van der Waals surface area contributed by atoms with Gasteiger partial charge in [0.15, 0.2) is 0 Å². The van der Waals surface area contributed by atoms with Gasteiger partial charge in [-0.25, -0.2) is 0 Å². The highest BCUT2D eigenvalue weighted by Gasteiger charge is 2.36. The average molecular weight is 386 g/mol. The van der Waals surface area contributed by atoms with E-state index in [1.54, 1.807) is 5.30 Å². The normalized spacial score (nSPS) is 13.7. The molecule has 0 bridgehead atoms. The summed E-state index contributed by atoms with van der Waals surface area (Å²) in [6.45, 7) is 4.53. The quantitative estimate of drug-likeness (QED) is 0.267. The van der Waals surface area contributed by atoms with Gasteiger partial charge in [-0.05, 0) is 87.3 Å². The molecule has 0 spiro atoms. The molecule has 0 aromatic heterocycles. The predicted octanol–water partition coefficient (Wildman–Crippen LogP) is 6.33. The monoisotopic (exact) mass is 386 g/mol. The van der Waals surface area contributed by atoms with E-state index in [0.717, 1.165) is 0 Å². The Hall–Kier alpha value is -2.95. The second-order valence-corrected chi connectivity index (χ2v) is 10.4. The van der Waals surface area contributed by atoms with E-state index in [2.05, 4.69) is 92.7 Å². The number of hydrogen-bond donors (Lipinski definition) is 0. The van der Waals surface area contributed by atoms with E-state index in [4.69, 9.17) is 0 Å². The van der Waals surface area contributed by atoms with Crippen LogP contribution in [0.3, 0.4) is 0 Å². The van der Waals surface area contributed by atoms with Crippen LogP contribution in [-0.2, 0) is 0 Å². The van der Waals surface area contributed by atoms with Crippen LogP contribution in [0, 0.1) is 13.8 Å². The van der Waals surface area contributed by atoms with Gasteiger partial charge >= 0.3 is 0 Å². The molecule has 2 heterocycles. The maximum absolute atomic E-state index is 2.39. The Morgan fingerprint density at radius 1 is 0.517 bits per heavy atom. The van der Waals surface area contributed by atoms with Gasteiger partial charge in [0.1, 0.15) is 0 Å². The molecule has 136 valence electrons. The average Bonchev–Trinajstić information content (AvgIpc) is 2.75. The molecule has 0 saturated heterocycles. The fraction of sp³-hybridized carbons (Fsp3) is 0.0714. The number of fused-ring (bicyclic) bond motifs is 4. The Labute approximate surface area is 171 Å². The molecule has 0 unspecified atom stereocenters. The summed E-state index contributed by atoms with van der Waals surface area (Å²) in [6, 6.07) is 30.0. The van der Waals surface area contributed by atoms with Crippen LogP contribution in [-0.4, -0.2) is 0 Å². The minimum atomic E-state index is -0.555. The molecule has 0 fully saturated rings. The largest absolute Gasteiger partial charge is 0.0610 e. The number of rotatable bonds is 0. The first-order valence-electron chi connectivity index (χ1n) is 10.2. The lowest BCUT2D eigenvalue weighted by Gasteiger charge is -2.36. The summed E-state index contributed by atoms with van der Waals surface area (Å²) in [4.78, 5) is 0. The fourth-order valence-corrected chi connectivity index (χ4v) is 8.55. The first-order chi connectivity index (χ1) is 14.2. The predicted molar refractivity (Wildman–Crippen MR) is 128 cm³/mol. The minimum Gasteiger partial charge on any atom is -0.0610 e. The van der Waals surface area contributed by atoms with E-state index in [1.165, 1.54) is 65.5 Å². The SMILES string of the molecule is Cc1ccc2cccc3c2c1-c1cccc2c1P3c1cccc3ccc(C)c-2c13. The standard InChI is InChI=1S/C28H19P/c1-16-12-14-18-6-3-10-22-26(18)24(16)20-8-5-9-21-25-17(2)13-15-19-7-4-11-23(27(19)25)29(22)28(20)21/h3-15H,1-2H3. The summed E-state index contributed by atoms with van der Waals surface area (Å²) in [5.41, 5.74) is 8.53. The van der Waals surface area contributed by atoms with Gasteiger partial charge in [0.2, 0.25) is 0 Å². The molecule has 5 aromatic carbocycles. The van der Waals surface area contributed by atoms with Crippen molar-refractivity contribution in [2.45, 2.75) is 13.8 Å². The van der Waals surface area contributed by atoms with E-state index in [1.807, 2.05) is 0 Å². The van der Waals surface area contributed by atoms with E-state index >= 15 is 0 Å². The number of hydrogen-bond acceptors (Lipinski definition) is 0. The lowest BCUT2D eigenvalue weighted by Crippen LogP contribution is -2.31. The first kappa shape index (κ1) is 15.9. The summed E-state index contributed by atoms with van der Waals surface area (Å²) >= 11 is 0. The molecule has 0 radical (unpaired) electrons. The van der Waals surface area contributed by atoms with Crippen molar-refractivity contribution in [3.8, 4) is 22.3 Å². The molecule has 7 rings (SSSR count). The van der Waals surface area contributed by atoms with Crippen molar-refractivity contribution in [3.05, 3.63) is 90.0 Å². The van der Waals surface area contributed by atoms with Gasteiger partial charge in [-0.3, -0.25) is 0 Å². The van der Waals surface area contributed by atoms with Gasteiger partial charge in [0.05, 0.1) is 0 Å². The molecular weight excluding hydrogens is 367 g/mol. The van der Waals surface area contributed by atoms with Crippen molar-refractivity contribution in [3.63, 3.8) is 0 Å². The van der Waals surface area contributed by atoms with Crippen LogP contribution >= 0.6 is 7.92 Å². The second-order valence-electron chi connectivity index (χ2n) is 8.30. The van der Waals surface area contributed by atoms with E-state index in [-0.39, 0.29) is 0 Å². The molecule has 0 N–H and O–H groups in total. The maximum Gasteiger partial charge on any atom is 0.000699 e. The van der Waals surface area contributed by atoms with Gasteiger partial charge < -0.3 is 0 Å². The van der Waals surface area contributed by atoms with Crippen LogP contribution in [0.2, 0.25) is 0 Å². The van der Waals surface area contributed by atoms with Crippen molar-refractivity contribution >= 4 is 45.4 Å². The zero-order chi connectivity index (χ0) is 19.3. The summed E-state index contributed by atoms with van der Waals surface area (Å²) in [6.07, 6.45) is 0. The fourth-order valence-electron chi connectivity index (χ4n) is 5.55. The smallest absolute Gasteiger partial charge is 0.000699 e. The molecule has 2 aliphatic rings. The Morgan fingerprint density at radius 3 is 1.52 bits per heavy atom. The third-order valence-corrected chi connectivity index (χ3v) is 9.38. The van der Waals surface area contributed by atoms with Crippen molar-refractivity contribution in [1.82, 2.24) is 0 Å². The van der Waals surface area contributed by atoms with Crippen molar-refractivity contribution in [2.24, 2.45) is 0 Å². The van der Waals surface area contributed by atoms with Gasteiger partial charge in [-0.1, -0.05) is 78.9 Å². The first-order valence-corrected chi connectivity index (χ1v) is 11.6. The summed E-state index contributed by atoms with van der Waals surface area (Å²) < 4.78 is 0. The zero-order valence-electron chi connectivity index (χ0n) is 16.5. The Bertz CT molecular complexity index is 1410. The Balaban J connectivity index is 1.79. The van der Waals surface area contributed by atoms with Gasteiger partial charge in [0, 0.05) is 5.30 Å². The second kappa shape index (κ2) is 5.35. The molecule has 0 amide bonds. The highest BCUT2D eigenvalue weighted by atomic mass is 31.1. The number of benzene rings is 5. The molecule has 1 heteroatoms. The topological polar surface area (TPSA) is 0 Å². The van der Waals surface area contributed by atoms with Crippen molar-refractivity contribution in [1.29, 1.82) is 0 Å². The summed E-state index contributed by atoms with van der Waals surface area (Å²) in [5, 5.41) is 10.3. The van der Waals surface area contributed by atoms with Gasteiger partial charge in [-0.2, -0.15) is 0 Å². The highest BCUT2D eigenvalue weighted by Crippen LogP contribution is 2.53. The molecular formula is C28H19P. The van der Waals surface area contributed by atoms with E-state index in [0.29, 0.717) is 0 Å².